The van der Waals surface area contributed by atoms with E-state index in [1.54, 1.807) is 0 Å². The minimum absolute atomic E-state index is 0.520. The van der Waals surface area contributed by atoms with Crippen LogP contribution in [0.15, 0.2) is 54.6 Å². The van der Waals surface area contributed by atoms with E-state index in [9.17, 15) is 0 Å². The summed E-state index contributed by atoms with van der Waals surface area (Å²) < 4.78 is 0. The molecular formula is C17H22N2. The lowest BCUT2D eigenvalue weighted by molar-refractivity contribution is 0.589. The molecule has 2 aromatic carbocycles. The van der Waals surface area contributed by atoms with E-state index in [1.165, 1.54) is 16.9 Å². The van der Waals surface area contributed by atoms with Gasteiger partial charge in [0, 0.05) is 31.0 Å². The molecule has 0 amide bonds. The summed E-state index contributed by atoms with van der Waals surface area (Å²) in [6.07, 6.45) is 0. The second-order valence-electron chi connectivity index (χ2n) is 5.10. The number of anilines is 2. The largest absolute Gasteiger partial charge is 0.345 e. The van der Waals surface area contributed by atoms with Gasteiger partial charge in [-0.15, -0.1) is 0 Å². The summed E-state index contributed by atoms with van der Waals surface area (Å²) in [5.74, 6) is 0. The van der Waals surface area contributed by atoms with Crippen LogP contribution in [0.3, 0.4) is 0 Å². The van der Waals surface area contributed by atoms with Crippen LogP contribution in [-0.2, 0) is 6.54 Å². The summed E-state index contributed by atoms with van der Waals surface area (Å²) >= 11 is 0. The van der Waals surface area contributed by atoms with Gasteiger partial charge >= 0.3 is 0 Å². The normalized spacial score (nSPS) is 10.7. The van der Waals surface area contributed by atoms with Crippen LogP contribution >= 0.6 is 0 Å². The maximum atomic E-state index is 3.43. The molecule has 0 heterocycles. The average Bonchev–Trinajstić information content (AvgIpc) is 2.46. The van der Waals surface area contributed by atoms with Crippen molar-refractivity contribution in [3.05, 3.63) is 60.2 Å². The van der Waals surface area contributed by atoms with Gasteiger partial charge in [0.2, 0.25) is 0 Å². The maximum absolute atomic E-state index is 3.43. The van der Waals surface area contributed by atoms with Crippen molar-refractivity contribution in [1.82, 2.24) is 5.32 Å². The first kappa shape index (κ1) is 13.6. The Labute approximate surface area is 116 Å². The molecule has 0 fully saturated rings. The smallest absolute Gasteiger partial charge is 0.0408 e. The molecule has 0 saturated carbocycles. The number of para-hydroxylation sites is 1. The molecule has 0 radical (unpaired) electrons. The van der Waals surface area contributed by atoms with Gasteiger partial charge in [0.1, 0.15) is 0 Å². The first-order valence-corrected chi connectivity index (χ1v) is 6.78. The van der Waals surface area contributed by atoms with Gasteiger partial charge in [-0.25, -0.2) is 0 Å². The van der Waals surface area contributed by atoms with Gasteiger partial charge in [-0.1, -0.05) is 44.2 Å². The van der Waals surface area contributed by atoms with Crippen molar-refractivity contribution < 1.29 is 0 Å². The van der Waals surface area contributed by atoms with E-state index in [-0.39, 0.29) is 0 Å². The van der Waals surface area contributed by atoms with E-state index in [2.05, 4.69) is 79.6 Å². The molecular weight excluding hydrogens is 232 g/mol. The van der Waals surface area contributed by atoms with Crippen LogP contribution in [0.5, 0.6) is 0 Å². The summed E-state index contributed by atoms with van der Waals surface area (Å²) in [6.45, 7) is 5.25. The zero-order chi connectivity index (χ0) is 13.7. The van der Waals surface area contributed by atoms with Gasteiger partial charge in [0.05, 0.1) is 0 Å². The molecule has 0 bridgehead atoms. The van der Waals surface area contributed by atoms with Crippen LogP contribution in [0.1, 0.15) is 19.4 Å². The molecule has 1 N–H and O–H groups in total. The monoisotopic (exact) mass is 254 g/mol. The molecule has 2 nitrogen and oxygen atoms in total. The zero-order valence-electron chi connectivity index (χ0n) is 11.9. The summed E-state index contributed by atoms with van der Waals surface area (Å²) in [7, 11) is 2.09. The number of benzene rings is 2. The lowest BCUT2D eigenvalue weighted by Gasteiger charge is -2.19. The number of hydrogen-bond acceptors (Lipinski definition) is 2. The van der Waals surface area contributed by atoms with E-state index in [4.69, 9.17) is 0 Å². The van der Waals surface area contributed by atoms with Crippen molar-refractivity contribution in [2.24, 2.45) is 0 Å². The van der Waals surface area contributed by atoms with Crippen LogP contribution in [0.4, 0.5) is 11.4 Å². The number of rotatable bonds is 5. The number of hydrogen-bond donors (Lipinski definition) is 1. The molecule has 0 aliphatic heterocycles. The highest BCUT2D eigenvalue weighted by molar-refractivity contribution is 5.62. The molecule has 2 heteroatoms. The Balaban J connectivity index is 2.06. The highest BCUT2D eigenvalue weighted by atomic mass is 15.1. The maximum Gasteiger partial charge on any atom is 0.0408 e. The lowest BCUT2D eigenvalue weighted by Crippen LogP contribution is -2.21. The Bertz CT molecular complexity index is 488. The highest BCUT2D eigenvalue weighted by Gasteiger charge is 2.03. The fraction of sp³-hybridized carbons (Fsp3) is 0.294. The lowest BCUT2D eigenvalue weighted by atomic mass is 10.1. The van der Waals surface area contributed by atoms with Crippen molar-refractivity contribution >= 4 is 11.4 Å². The highest BCUT2D eigenvalue weighted by Crippen LogP contribution is 2.23. The quantitative estimate of drug-likeness (QED) is 0.869. The fourth-order valence-electron chi connectivity index (χ4n) is 1.96. The van der Waals surface area contributed by atoms with E-state index >= 15 is 0 Å². The van der Waals surface area contributed by atoms with E-state index in [0.717, 1.165) is 6.54 Å². The molecule has 0 aliphatic carbocycles. The zero-order valence-corrected chi connectivity index (χ0v) is 11.9. The van der Waals surface area contributed by atoms with Crippen LogP contribution in [-0.4, -0.2) is 13.1 Å². The summed E-state index contributed by atoms with van der Waals surface area (Å²) in [5, 5.41) is 3.43. The van der Waals surface area contributed by atoms with Gasteiger partial charge in [-0.05, 0) is 29.8 Å². The van der Waals surface area contributed by atoms with Crippen molar-refractivity contribution in [1.29, 1.82) is 0 Å². The first-order valence-electron chi connectivity index (χ1n) is 6.78. The summed E-state index contributed by atoms with van der Waals surface area (Å²) in [5.41, 5.74) is 3.73. The van der Waals surface area contributed by atoms with Gasteiger partial charge in [-0.2, -0.15) is 0 Å². The van der Waals surface area contributed by atoms with Crippen LogP contribution < -0.4 is 10.2 Å². The Kier molecular flexibility index (Phi) is 4.58. The average molecular weight is 254 g/mol. The van der Waals surface area contributed by atoms with Crippen LogP contribution in [0.2, 0.25) is 0 Å². The second kappa shape index (κ2) is 6.39. The third-order valence-corrected chi connectivity index (χ3v) is 3.18. The van der Waals surface area contributed by atoms with Crippen molar-refractivity contribution in [3.63, 3.8) is 0 Å². The third-order valence-electron chi connectivity index (χ3n) is 3.18. The Morgan fingerprint density at radius 3 is 2.05 bits per heavy atom. The third kappa shape index (κ3) is 3.83. The van der Waals surface area contributed by atoms with E-state index < -0.39 is 0 Å². The second-order valence-corrected chi connectivity index (χ2v) is 5.10. The molecule has 0 aliphatic rings. The molecule has 0 aromatic heterocycles. The standard InChI is InChI=1S/C17H22N2/c1-14(2)18-13-15-9-11-17(12-10-15)19(3)16-7-5-4-6-8-16/h4-12,14,18H,13H2,1-3H3. The summed E-state index contributed by atoms with van der Waals surface area (Å²) in [6, 6.07) is 19.6. The van der Waals surface area contributed by atoms with Crippen molar-refractivity contribution in [2.75, 3.05) is 11.9 Å². The fourth-order valence-corrected chi connectivity index (χ4v) is 1.96. The van der Waals surface area contributed by atoms with Crippen molar-refractivity contribution in [3.8, 4) is 0 Å². The Hall–Kier alpha value is -1.80. The van der Waals surface area contributed by atoms with Gasteiger partial charge in [-0.3, -0.25) is 0 Å². The van der Waals surface area contributed by atoms with Crippen LogP contribution in [0, 0.1) is 0 Å². The van der Waals surface area contributed by atoms with Gasteiger partial charge < -0.3 is 10.2 Å². The molecule has 0 spiro atoms. The minimum atomic E-state index is 0.520. The van der Waals surface area contributed by atoms with Crippen LogP contribution in [0.25, 0.3) is 0 Å². The van der Waals surface area contributed by atoms with Gasteiger partial charge in [0.25, 0.3) is 0 Å². The predicted molar refractivity (Wildman–Crippen MR) is 82.9 cm³/mol. The van der Waals surface area contributed by atoms with Crippen molar-refractivity contribution in [2.45, 2.75) is 26.4 Å². The molecule has 2 rings (SSSR count). The van der Waals surface area contributed by atoms with E-state index in [0.29, 0.717) is 6.04 Å². The SMILES string of the molecule is CC(C)NCc1ccc(N(C)c2ccccc2)cc1. The molecule has 0 saturated heterocycles. The Morgan fingerprint density at radius 1 is 0.895 bits per heavy atom. The molecule has 2 aromatic rings. The number of nitrogens with one attached hydrogen (secondary N) is 1. The predicted octanol–water partition coefficient (Wildman–Crippen LogP) is 3.95. The molecule has 0 unspecified atom stereocenters. The first-order chi connectivity index (χ1) is 9.16. The molecule has 19 heavy (non-hydrogen) atoms. The van der Waals surface area contributed by atoms with E-state index in [1.807, 2.05) is 6.07 Å². The van der Waals surface area contributed by atoms with Gasteiger partial charge in [0.15, 0.2) is 0 Å². The Morgan fingerprint density at radius 2 is 1.47 bits per heavy atom. The summed E-state index contributed by atoms with van der Waals surface area (Å²) in [4.78, 5) is 2.19. The number of nitrogens with zero attached hydrogens (tertiary/aromatic N) is 1. The molecule has 0 atom stereocenters. The minimum Gasteiger partial charge on any atom is -0.345 e. The topological polar surface area (TPSA) is 15.3 Å². The molecule has 100 valence electrons.